The summed E-state index contributed by atoms with van der Waals surface area (Å²) in [5.74, 6) is -0.0540. The molecular formula is C15H16N2O2. The van der Waals surface area contributed by atoms with E-state index in [9.17, 15) is 9.90 Å². The minimum atomic E-state index is -0.127. The molecule has 0 fully saturated rings. The summed E-state index contributed by atoms with van der Waals surface area (Å²) in [4.78, 5) is 11.8. The number of aromatic hydroxyl groups is 1. The molecule has 0 heterocycles. The van der Waals surface area contributed by atoms with Gasteiger partial charge in [-0.05, 0) is 36.2 Å². The third-order valence-corrected chi connectivity index (χ3v) is 2.80. The van der Waals surface area contributed by atoms with E-state index < -0.39 is 0 Å². The highest BCUT2D eigenvalue weighted by Crippen LogP contribution is 2.21. The number of nitrogens with two attached hydrogens (primary N) is 1. The summed E-state index contributed by atoms with van der Waals surface area (Å²) in [5, 5.41) is 12.2. The smallest absolute Gasteiger partial charge is 0.224 e. The van der Waals surface area contributed by atoms with Crippen molar-refractivity contribution in [3.8, 4) is 5.75 Å². The maximum Gasteiger partial charge on any atom is 0.224 e. The zero-order chi connectivity index (χ0) is 13.7. The number of aryl methyl sites for hydroxylation is 1. The molecule has 2 aromatic carbocycles. The highest BCUT2D eigenvalue weighted by molar-refractivity contribution is 5.92. The summed E-state index contributed by atoms with van der Waals surface area (Å²) in [5.41, 5.74) is 7.80. The Kier molecular flexibility index (Phi) is 4.03. The number of hydrogen-bond acceptors (Lipinski definition) is 3. The van der Waals surface area contributed by atoms with Crippen LogP contribution in [0.4, 0.5) is 11.4 Å². The van der Waals surface area contributed by atoms with Gasteiger partial charge in [0.1, 0.15) is 5.75 Å². The molecular weight excluding hydrogens is 240 g/mol. The summed E-state index contributed by atoms with van der Waals surface area (Å²) >= 11 is 0. The fourth-order valence-electron chi connectivity index (χ4n) is 1.73. The zero-order valence-electron chi connectivity index (χ0n) is 10.5. The van der Waals surface area contributed by atoms with E-state index in [1.165, 1.54) is 6.07 Å². The topological polar surface area (TPSA) is 75.4 Å². The van der Waals surface area contributed by atoms with Gasteiger partial charge in [0.2, 0.25) is 5.91 Å². The van der Waals surface area contributed by atoms with Crippen LogP contribution in [0, 0.1) is 0 Å². The van der Waals surface area contributed by atoms with E-state index in [0.717, 1.165) is 5.56 Å². The van der Waals surface area contributed by atoms with Gasteiger partial charge in [-0.15, -0.1) is 0 Å². The summed E-state index contributed by atoms with van der Waals surface area (Å²) in [6.45, 7) is 0. The molecule has 0 aromatic heterocycles. The molecule has 4 nitrogen and oxygen atoms in total. The lowest BCUT2D eigenvalue weighted by Gasteiger charge is -2.07. The molecule has 4 N–H and O–H groups in total. The number of nitrogens with one attached hydrogen (secondary N) is 1. The molecule has 0 spiro atoms. The Balaban J connectivity index is 1.88. The van der Waals surface area contributed by atoms with Crippen LogP contribution in [0.5, 0.6) is 5.75 Å². The molecule has 0 radical (unpaired) electrons. The van der Waals surface area contributed by atoms with Gasteiger partial charge in [0, 0.05) is 12.1 Å². The Labute approximate surface area is 111 Å². The number of rotatable bonds is 4. The monoisotopic (exact) mass is 256 g/mol. The molecule has 4 heteroatoms. The number of carbonyl (C=O) groups excluding carboxylic acids is 1. The Bertz CT molecular complexity index is 565. The number of anilines is 2. The third-order valence-electron chi connectivity index (χ3n) is 2.80. The highest BCUT2D eigenvalue weighted by Gasteiger charge is 2.05. The van der Waals surface area contributed by atoms with Crippen LogP contribution in [0.25, 0.3) is 0 Å². The third kappa shape index (κ3) is 3.74. The van der Waals surface area contributed by atoms with Crippen molar-refractivity contribution in [1.82, 2.24) is 0 Å². The first-order chi connectivity index (χ1) is 9.15. The second-order valence-corrected chi connectivity index (χ2v) is 4.31. The first-order valence-corrected chi connectivity index (χ1v) is 6.07. The average molecular weight is 256 g/mol. The number of amides is 1. The Morgan fingerprint density at radius 2 is 1.79 bits per heavy atom. The molecule has 0 saturated carbocycles. The van der Waals surface area contributed by atoms with Crippen molar-refractivity contribution in [2.45, 2.75) is 12.8 Å². The summed E-state index contributed by atoms with van der Waals surface area (Å²) in [7, 11) is 0. The number of phenols is 1. The second-order valence-electron chi connectivity index (χ2n) is 4.31. The fourth-order valence-corrected chi connectivity index (χ4v) is 1.73. The molecule has 0 bridgehead atoms. The quantitative estimate of drug-likeness (QED) is 0.581. The van der Waals surface area contributed by atoms with Gasteiger partial charge in [0.05, 0.1) is 5.69 Å². The van der Waals surface area contributed by atoms with Crippen molar-refractivity contribution in [3.63, 3.8) is 0 Å². The average Bonchev–Trinajstić information content (AvgIpc) is 2.41. The molecule has 0 atom stereocenters. The maximum absolute atomic E-state index is 11.8. The van der Waals surface area contributed by atoms with E-state index in [1.54, 1.807) is 18.2 Å². The number of para-hydroxylation sites is 2. The first kappa shape index (κ1) is 13.0. The molecule has 98 valence electrons. The SMILES string of the molecule is Nc1ccc(CCC(=O)Nc2ccccc2O)cc1. The van der Waals surface area contributed by atoms with E-state index >= 15 is 0 Å². The van der Waals surface area contributed by atoms with Crippen LogP contribution in [0.15, 0.2) is 48.5 Å². The zero-order valence-corrected chi connectivity index (χ0v) is 10.5. The summed E-state index contributed by atoms with van der Waals surface area (Å²) in [6, 6.07) is 14.1. The van der Waals surface area contributed by atoms with Crippen LogP contribution < -0.4 is 11.1 Å². The molecule has 1 amide bonds. The van der Waals surface area contributed by atoms with Gasteiger partial charge >= 0.3 is 0 Å². The van der Waals surface area contributed by atoms with Gasteiger partial charge in [0.15, 0.2) is 0 Å². The minimum absolute atomic E-state index is 0.0725. The van der Waals surface area contributed by atoms with E-state index in [-0.39, 0.29) is 11.7 Å². The maximum atomic E-state index is 11.8. The van der Waals surface area contributed by atoms with Crippen molar-refractivity contribution in [1.29, 1.82) is 0 Å². The molecule has 0 aliphatic heterocycles. The van der Waals surface area contributed by atoms with Gasteiger partial charge in [-0.2, -0.15) is 0 Å². The Hall–Kier alpha value is -2.49. The van der Waals surface area contributed by atoms with Gasteiger partial charge in [-0.1, -0.05) is 24.3 Å². The van der Waals surface area contributed by atoms with Crippen molar-refractivity contribution in [2.24, 2.45) is 0 Å². The predicted octanol–water partition coefficient (Wildman–Crippen LogP) is 2.55. The fraction of sp³-hybridized carbons (Fsp3) is 0.133. The summed E-state index contributed by atoms with van der Waals surface area (Å²) < 4.78 is 0. The molecule has 2 aromatic rings. The van der Waals surface area contributed by atoms with Crippen molar-refractivity contribution >= 4 is 17.3 Å². The summed E-state index contributed by atoms with van der Waals surface area (Å²) in [6.07, 6.45) is 0.998. The second kappa shape index (κ2) is 5.91. The lowest BCUT2D eigenvalue weighted by atomic mass is 10.1. The normalized spacial score (nSPS) is 10.1. The molecule has 2 rings (SSSR count). The van der Waals surface area contributed by atoms with E-state index in [2.05, 4.69) is 5.32 Å². The van der Waals surface area contributed by atoms with Crippen LogP contribution >= 0.6 is 0 Å². The van der Waals surface area contributed by atoms with Crippen molar-refractivity contribution in [2.75, 3.05) is 11.1 Å². The molecule has 0 unspecified atom stereocenters. The van der Waals surface area contributed by atoms with Gasteiger partial charge in [-0.3, -0.25) is 4.79 Å². The number of phenolic OH excluding ortho intramolecular Hbond substituents is 1. The molecule has 0 aliphatic rings. The lowest BCUT2D eigenvalue weighted by Crippen LogP contribution is -2.12. The largest absolute Gasteiger partial charge is 0.506 e. The van der Waals surface area contributed by atoms with Crippen molar-refractivity contribution < 1.29 is 9.90 Å². The van der Waals surface area contributed by atoms with Gasteiger partial charge < -0.3 is 16.2 Å². The molecule has 0 saturated heterocycles. The predicted molar refractivity (Wildman–Crippen MR) is 75.9 cm³/mol. The van der Waals surface area contributed by atoms with E-state index in [0.29, 0.717) is 24.2 Å². The number of nitrogen functional groups attached to an aromatic ring is 1. The highest BCUT2D eigenvalue weighted by atomic mass is 16.3. The molecule has 19 heavy (non-hydrogen) atoms. The van der Waals surface area contributed by atoms with Gasteiger partial charge in [0.25, 0.3) is 0 Å². The van der Waals surface area contributed by atoms with Crippen LogP contribution in [0.3, 0.4) is 0 Å². The van der Waals surface area contributed by atoms with Gasteiger partial charge in [-0.25, -0.2) is 0 Å². The van der Waals surface area contributed by atoms with Crippen LogP contribution in [0.2, 0.25) is 0 Å². The van der Waals surface area contributed by atoms with E-state index in [4.69, 9.17) is 5.73 Å². The van der Waals surface area contributed by atoms with Crippen LogP contribution in [-0.4, -0.2) is 11.0 Å². The van der Waals surface area contributed by atoms with E-state index in [1.807, 2.05) is 24.3 Å². The molecule has 0 aliphatic carbocycles. The van der Waals surface area contributed by atoms with Crippen LogP contribution in [-0.2, 0) is 11.2 Å². The van der Waals surface area contributed by atoms with Crippen molar-refractivity contribution in [3.05, 3.63) is 54.1 Å². The van der Waals surface area contributed by atoms with Crippen LogP contribution in [0.1, 0.15) is 12.0 Å². The number of benzene rings is 2. The first-order valence-electron chi connectivity index (χ1n) is 6.07. The lowest BCUT2D eigenvalue weighted by molar-refractivity contribution is -0.116. The Morgan fingerprint density at radius 1 is 1.11 bits per heavy atom. The standard InChI is InChI=1S/C15H16N2O2/c16-12-8-5-11(6-9-12)7-10-15(19)17-13-3-1-2-4-14(13)18/h1-6,8-9,18H,7,10,16H2,(H,17,19). The number of hydrogen-bond donors (Lipinski definition) is 3. The minimum Gasteiger partial charge on any atom is -0.506 e. The Morgan fingerprint density at radius 3 is 2.47 bits per heavy atom. The number of carbonyl (C=O) groups is 1.